The molecule has 4 heterocycles. The van der Waals surface area contributed by atoms with Gasteiger partial charge in [0.05, 0.1) is 11.8 Å². The summed E-state index contributed by atoms with van der Waals surface area (Å²) in [6, 6.07) is 9.86. The predicted octanol–water partition coefficient (Wildman–Crippen LogP) is 3.10. The fourth-order valence-corrected chi connectivity index (χ4v) is 4.88. The molecule has 31 heavy (non-hydrogen) atoms. The zero-order valence-corrected chi connectivity index (χ0v) is 18.0. The van der Waals surface area contributed by atoms with Crippen molar-refractivity contribution >= 4 is 17.7 Å². The van der Waals surface area contributed by atoms with Gasteiger partial charge in [0.15, 0.2) is 22.5 Å². The number of aromatic nitrogens is 4. The summed E-state index contributed by atoms with van der Waals surface area (Å²) in [5.41, 5.74) is 2.04. The third kappa shape index (κ3) is 3.97. The standard InChI is InChI=1S/C22H23N5O3S/c1-26-21(15-6-8-23-9-7-15)24-25-22(26)31-14-20(28)27-10-2-3-17(27)16-4-5-18-19(13-16)30-12-11-29-18/h4-9,13,17H,2-3,10-12,14H2,1H3/t17-/m1/s1. The predicted molar refractivity (Wildman–Crippen MR) is 116 cm³/mol. The minimum atomic E-state index is 0.0656. The Morgan fingerprint density at radius 3 is 2.77 bits per heavy atom. The number of pyridine rings is 1. The first kappa shape index (κ1) is 19.9. The molecule has 1 atom stereocenters. The van der Waals surface area contributed by atoms with E-state index in [2.05, 4.69) is 15.2 Å². The van der Waals surface area contributed by atoms with Crippen LogP contribution in [0.25, 0.3) is 11.4 Å². The molecule has 0 saturated carbocycles. The number of carbonyl (C=O) groups excluding carboxylic acids is 1. The summed E-state index contributed by atoms with van der Waals surface area (Å²) in [7, 11) is 1.91. The van der Waals surface area contributed by atoms with Crippen LogP contribution in [0, 0.1) is 0 Å². The molecule has 2 aliphatic heterocycles. The fourth-order valence-electron chi connectivity index (χ4n) is 4.08. The maximum Gasteiger partial charge on any atom is 0.233 e. The topological polar surface area (TPSA) is 82.4 Å². The van der Waals surface area contributed by atoms with E-state index in [1.165, 1.54) is 11.8 Å². The second-order valence-corrected chi connectivity index (χ2v) is 8.48. The number of hydrogen-bond donors (Lipinski definition) is 0. The van der Waals surface area contributed by atoms with E-state index < -0.39 is 0 Å². The van der Waals surface area contributed by atoms with Gasteiger partial charge in [-0.1, -0.05) is 17.8 Å². The number of carbonyl (C=O) groups is 1. The number of thioether (sulfide) groups is 1. The van der Waals surface area contributed by atoms with Gasteiger partial charge in [-0.2, -0.15) is 0 Å². The van der Waals surface area contributed by atoms with E-state index in [4.69, 9.17) is 9.47 Å². The Bertz CT molecular complexity index is 1090. The van der Waals surface area contributed by atoms with Gasteiger partial charge in [0.25, 0.3) is 0 Å². The summed E-state index contributed by atoms with van der Waals surface area (Å²) in [4.78, 5) is 19.1. The Labute approximate surface area is 184 Å². The first-order valence-corrected chi connectivity index (χ1v) is 11.3. The van der Waals surface area contributed by atoms with Gasteiger partial charge in [0.2, 0.25) is 5.91 Å². The Morgan fingerprint density at radius 1 is 1.13 bits per heavy atom. The molecule has 2 aromatic heterocycles. The number of likely N-dealkylation sites (tertiary alicyclic amines) is 1. The van der Waals surface area contributed by atoms with Crippen LogP contribution in [0.15, 0.2) is 47.9 Å². The lowest BCUT2D eigenvalue weighted by atomic mass is 10.0. The van der Waals surface area contributed by atoms with Crippen LogP contribution in [0.1, 0.15) is 24.4 Å². The third-order valence-corrected chi connectivity index (χ3v) is 6.63. The monoisotopic (exact) mass is 437 g/mol. The summed E-state index contributed by atoms with van der Waals surface area (Å²) >= 11 is 1.42. The van der Waals surface area contributed by atoms with Crippen LogP contribution in [0.4, 0.5) is 0 Å². The average Bonchev–Trinajstić information content (AvgIpc) is 3.45. The largest absolute Gasteiger partial charge is 0.486 e. The number of rotatable bonds is 5. The highest BCUT2D eigenvalue weighted by Gasteiger charge is 2.31. The summed E-state index contributed by atoms with van der Waals surface area (Å²) < 4.78 is 13.3. The van der Waals surface area contributed by atoms with Crippen molar-refractivity contribution in [2.45, 2.75) is 24.0 Å². The molecule has 0 spiro atoms. The normalized spacial score (nSPS) is 17.7. The van der Waals surface area contributed by atoms with Crippen LogP contribution in [0.2, 0.25) is 0 Å². The fraction of sp³-hybridized carbons (Fsp3) is 0.364. The molecule has 1 aromatic carbocycles. The van der Waals surface area contributed by atoms with E-state index in [1.807, 2.05) is 46.8 Å². The molecule has 0 N–H and O–H groups in total. The molecule has 160 valence electrons. The molecule has 1 fully saturated rings. The average molecular weight is 438 g/mol. The number of benzene rings is 1. The molecule has 5 rings (SSSR count). The van der Waals surface area contributed by atoms with Crippen molar-refractivity contribution in [3.05, 3.63) is 48.3 Å². The zero-order valence-electron chi connectivity index (χ0n) is 17.2. The minimum Gasteiger partial charge on any atom is -0.486 e. The Morgan fingerprint density at radius 2 is 1.94 bits per heavy atom. The van der Waals surface area contributed by atoms with Crippen LogP contribution < -0.4 is 9.47 Å². The Kier molecular flexibility index (Phi) is 5.50. The Balaban J connectivity index is 1.27. The maximum atomic E-state index is 13.1. The smallest absolute Gasteiger partial charge is 0.233 e. The van der Waals surface area contributed by atoms with Gasteiger partial charge in [-0.05, 0) is 42.7 Å². The molecule has 3 aromatic rings. The highest BCUT2D eigenvalue weighted by Crippen LogP contribution is 2.38. The lowest BCUT2D eigenvalue weighted by Gasteiger charge is -2.26. The molecule has 0 aliphatic carbocycles. The zero-order chi connectivity index (χ0) is 21.2. The quantitative estimate of drug-likeness (QED) is 0.567. The number of hydrogen-bond acceptors (Lipinski definition) is 7. The number of fused-ring (bicyclic) bond motifs is 1. The highest BCUT2D eigenvalue weighted by atomic mass is 32.2. The summed E-state index contributed by atoms with van der Waals surface area (Å²) in [5.74, 6) is 2.72. The summed E-state index contributed by atoms with van der Waals surface area (Å²) in [6.07, 6.45) is 5.40. The van der Waals surface area contributed by atoms with Gasteiger partial charge in [-0.25, -0.2) is 0 Å². The van der Waals surface area contributed by atoms with Crippen molar-refractivity contribution in [2.24, 2.45) is 7.05 Å². The van der Waals surface area contributed by atoms with E-state index in [0.29, 0.717) is 19.0 Å². The lowest BCUT2D eigenvalue weighted by molar-refractivity contribution is -0.129. The van der Waals surface area contributed by atoms with Gasteiger partial charge in [-0.15, -0.1) is 10.2 Å². The van der Waals surface area contributed by atoms with Gasteiger partial charge in [-0.3, -0.25) is 9.78 Å². The molecule has 1 saturated heterocycles. The van der Waals surface area contributed by atoms with E-state index in [0.717, 1.165) is 53.0 Å². The minimum absolute atomic E-state index is 0.0656. The van der Waals surface area contributed by atoms with Crippen LogP contribution in [-0.4, -0.2) is 56.1 Å². The van der Waals surface area contributed by atoms with E-state index in [-0.39, 0.29) is 11.9 Å². The molecule has 0 bridgehead atoms. The second kappa shape index (κ2) is 8.58. The molecule has 0 radical (unpaired) electrons. The van der Waals surface area contributed by atoms with Gasteiger partial charge in [0, 0.05) is 31.5 Å². The summed E-state index contributed by atoms with van der Waals surface area (Å²) in [6.45, 7) is 1.89. The molecular formula is C22H23N5O3S. The molecule has 0 unspecified atom stereocenters. The molecule has 2 aliphatic rings. The van der Waals surface area contributed by atoms with E-state index in [1.54, 1.807) is 12.4 Å². The van der Waals surface area contributed by atoms with Gasteiger partial charge in [0.1, 0.15) is 13.2 Å². The first-order valence-electron chi connectivity index (χ1n) is 10.3. The van der Waals surface area contributed by atoms with Gasteiger partial charge >= 0.3 is 0 Å². The second-order valence-electron chi connectivity index (χ2n) is 7.54. The highest BCUT2D eigenvalue weighted by molar-refractivity contribution is 7.99. The number of amides is 1. The summed E-state index contributed by atoms with van der Waals surface area (Å²) in [5, 5.41) is 9.27. The van der Waals surface area contributed by atoms with Crippen molar-refractivity contribution in [3.63, 3.8) is 0 Å². The van der Waals surface area contributed by atoms with Gasteiger partial charge < -0.3 is 18.9 Å². The first-order chi connectivity index (χ1) is 15.2. The van der Waals surface area contributed by atoms with Crippen molar-refractivity contribution in [3.8, 4) is 22.9 Å². The number of ether oxygens (including phenoxy) is 2. The van der Waals surface area contributed by atoms with Crippen LogP contribution >= 0.6 is 11.8 Å². The Hall–Kier alpha value is -3.07. The molecule has 1 amide bonds. The van der Waals surface area contributed by atoms with Crippen molar-refractivity contribution in [1.82, 2.24) is 24.6 Å². The van der Waals surface area contributed by atoms with Crippen molar-refractivity contribution < 1.29 is 14.3 Å². The molecule has 9 heteroatoms. The number of nitrogens with zero attached hydrogens (tertiary/aromatic N) is 5. The SMILES string of the molecule is Cn1c(SCC(=O)N2CCC[C@@H]2c2ccc3c(c2)OCCO3)nnc1-c1ccncc1. The maximum absolute atomic E-state index is 13.1. The third-order valence-electron chi connectivity index (χ3n) is 5.62. The molecule has 8 nitrogen and oxygen atoms in total. The lowest BCUT2D eigenvalue weighted by Crippen LogP contribution is -2.32. The van der Waals surface area contributed by atoms with E-state index in [9.17, 15) is 4.79 Å². The van der Waals surface area contributed by atoms with Crippen molar-refractivity contribution in [1.29, 1.82) is 0 Å². The van der Waals surface area contributed by atoms with Crippen LogP contribution in [0.3, 0.4) is 0 Å². The van der Waals surface area contributed by atoms with Crippen LogP contribution in [0.5, 0.6) is 11.5 Å². The van der Waals surface area contributed by atoms with Crippen LogP contribution in [-0.2, 0) is 11.8 Å². The van der Waals surface area contributed by atoms with E-state index >= 15 is 0 Å². The molecular weight excluding hydrogens is 414 g/mol. The van der Waals surface area contributed by atoms with Crippen molar-refractivity contribution in [2.75, 3.05) is 25.5 Å².